The van der Waals surface area contributed by atoms with E-state index in [0.717, 1.165) is 0 Å². The minimum absolute atomic E-state index is 0.0390. The summed E-state index contributed by atoms with van der Waals surface area (Å²) in [6.07, 6.45) is 5.24. The van der Waals surface area contributed by atoms with E-state index in [1.807, 2.05) is 0 Å². The fourth-order valence-electron chi connectivity index (χ4n) is 1.72. The summed E-state index contributed by atoms with van der Waals surface area (Å²) in [6, 6.07) is 0. The number of aryl methyl sites for hydroxylation is 2. The maximum absolute atomic E-state index is 12.1. The first-order valence-electron chi connectivity index (χ1n) is 6.49. The molecule has 0 spiro atoms. The molecule has 0 atom stereocenters. The van der Waals surface area contributed by atoms with Gasteiger partial charge in [0.05, 0.1) is 6.20 Å². The smallest absolute Gasteiger partial charge is 0.243 e. The van der Waals surface area contributed by atoms with E-state index in [1.54, 1.807) is 18.1 Å². The molecule has 0 radical (unpaired) electrons. The van der Waals surface area contributed by atoms with Gasteiger partial charge >= 0.3 is 0 Å². The van der Waals surface area contributed by atoms with Gasteiger partial charge in [0.1, 0.15) is 11.2 Å². The molecule has 21 heavy (non-hydrogen) atoms. The van der Waals surface area contributed by atoms with Crippen molar-refractivity contribution in [1.29, 1.82) is 0 Å². The second-order valence-corrected chi connectivity index (χ2v) is 6.27. The van der Waals surface area contributed by atoms with Gasteiger partial charge in [0.25, 0.3) is 0 Å². The zero-order valence-electron chi connectivity index (χ0n) is 11.7. The van der Waals surface area contributed by atoms with Crippen LogP contribution in [0.3, 0.4) is 0 Å². The van der Waals surface area contributed by atoms with Crippen LogP contribution in [0.2, 0.25) is 0 Å². The molecule has 0 aromatic carbocycles. The standard InChI is InChI=1S/C11H18N6O3S/c1-16-9-12-11(15-16)3-4-14-21(19,20)10-7-13-17(8-10)5-2-6-18/h7-9,14,18H,2-6H2,1H3. The van der Waals surface area contributed by atoms with Crippen LogP contribution in [0.5, 0.6) is 0 Å². The van der Waals surface area contributed by atoms with Gasteiger partial charge < -0.3 is 5.11 Å². The lowest BCUT2D eigenvalue weighted by molar-refractivity contribution is 0.277. The first-order valence-corrected chi connectivity index (χ1v) is 7.97. The van der Waals surface area contributed by atoms with Crippen molar-refractivity contribution in [3.63, 3.8) is 0 Å². The van der Waals surface area contributed by atoms with Crippen LogP contribution in [0.25, 0.3) is 0 Å². The van der Waals surface area contributed by atoms with Gasteiger partial charge in [-0.1, -0.05) is 0 Å². The number of hydrogen-bond acceptors (Lipinski definition) is 6. The number of aromatic nitrogens is 5. The zero-order valence-corrected chi connectivity index (χ0v) is 12.5. The van der Waals surface area contributed by atoms with E-state index in [0.29, 0.717) is 25.2 Å². The molecule has 0 saturated heterocycles. The number of sulfonamides is 1. The van der Waals surface area contributed by atoms with Gasteiger partial charge in [-0.2, -0.15) is 10.2 Å². The van der Waals surface area contributed by atoms with E-state index >= 15 is 0 Å². The maximum atomic E-state index is 12.1. The molecule has 0 saturated carbocycles. The summed E-state index contributed by atoms with van der Waals surface area (Å²) in [4.78, 5) is 4.13. The molecule has 2 heterocycles. The van der Waals surface area contributed by atoms with Gasteiger partial charge in [0.15, 0.2) is 5.82 Å². The van der Waals surface area contributed by atoms with E-state index in [-0.39, 0.29) is 18.0 Å². The average Bonchev–Trinajstić information content (AvgIpc) is 3.06. The van der Waals surface area contributed by atoms with Crippen molar-refractivity contribution >= 4 is 10.0 Å². The van der Waals surface area contributed by atoms with Crippen LogP contribution in [-0.4, -0.2) is 51.2 Å². The largest absolute Gasteiger partial charge is 0.396 e. The predicted octanol–water partition coefficient (Wildman–Crippen LogP) is -1.08. The number of nitrogens with zero attached hydrogens (tertiary/aromatic N) is 5. The highest BCUT2D eigenvalue weighted by Crippen LogP contribution is 2.07. The van der Waals surface area contributed by atoms with Crippen molar-refractivity contribution in [3.05, 3.63) is 24.5 Å². The highest BCUT2D eigenvalue weighted by Gasteiger charge is 2.16. The third-order valence-corrected chi connectivity index (χ3v) is 4.17. The first kappa shape index (κ1) is 15.6. The molecule has 0 amide bonds. The SMILES string of the molecule is Cn1cnc(CCNS(=O)(=O)c2cnn(CCCO)c2)n1. The predicted molar refractivity (Wildman–Crippen MR) is 73.8 cm³/mol. The normalized spacial score (nSPS) is 11.9. The van der Waals surface area contributed by atoms with E-state index < -0.39 is 10.0 Å². The number of aliphatic hydroxyl groups excluding tert-OH is 1. The van der Waals surface area contributed by atoms with Crippen molar-refractivity contribution in [3.8, 4) is 0 Å². The molecule has 0 aliphatic carbocycles. The van der Waals surface area contributed by atoms with Gasteiger partial charge in [-0.15, -0.1) is 0 Å². The summed E-state index contributed by atoms with van der Waals surface area (Å²) in [6.45, 7) is 0.731. The molecule has 10 heteroatoms. The topological polar surface area (TPSA) is 115 Å². The van der Waals surface area contributed by atoms with Gasteiger partial charge in [0.2, 0.25) is 10.0 Å². The summed E-state index contributed by atoms with van der Waals surface area (Å²) in [7, 11) is -1.83. The Morgan fingerprint density at radius 1 is 1.43 bits per heavy atom. The Kier molecular flexibility index (Phi) is 5.04. The molecule has 0 aliphatic heterocycles. The van der Waals surface area contributed by atoms with E-state index in [1.165, 1.54) is 17.1 Å². The van der Waals surface area contributed by atoms with Crippen LogP contribution < -0.4 is 4.72 Å². The molecule has 116 valence electrons. The highest BCUT2D eigenvalue weighted by molar-refractivity contribution is 7.89. The van der Waals surface area contributed by atoms with Crippen molar-refractivity contribution < 1.29 is 13.5 Å². The molecular weight excluding hydrogens is 296 g/mol. The molecule has 9 nitrogen and oxygen atoms in total. The summed E-state index contributed by atoms with van der Waals surface area (Å²) in [5.74, 6) is 0.582. The number of nitrogens with one attached hydrogen (secondary N) is 1. The first-order chi connectivity index (χ1) is 10.0. The van der Waals surface area contributed by atoms with E-state index in [4.69, 9.17) is 5.11 Å². The molecular formula is C11H18N6O3S. The van der Waals surface area contributed by atoms with Crippen LogP contribution >= 0.6 is 0 Å². The van der Waals surface area contributed by atoms with Crippen LogP contribution in [0, 0.1) is 0 Å². The molecule has 0 aliphatic rings. The summed E-state index contributed by atoms with van der Waals surface area (Å²) in [5, 5.41) is 16.8. The molecule has 2 aromatic rings. The fraction of sp³-hybridized carbons (Fsp3) is 0.545. The Labute approximate surface area is 122 Å². The van der Waals surface area contributed by atoms with Crippen molar-refractivity contribution in [1.82, 2.24) is 29.3 Å². The zero-order chi connectivity index (χ0) is 15.3. The molecule has 0 bridgehead atoms. The lowest BCUT2D eigenvalue weighted by Gasteiger charge is -2.02. The Bertz CT molecular complexity index is 678. The maximum Gasteiger partial charge on any atom is 0.243 e. The molecule has 2 aromatic heterocycles. The Morgan fingerprint density at radius 2 is 2.24 bits per heavy atom. The second-order valence-electron chi connectivity index (χ2n) is 4.50. The second kappa shape index (κ2) is 6.78. The van der Waals surface area contributed by atoms with Crippen LogP contribution in [0.15, 0.2) is 23.6 Å². The number of aliphatic hydroxyl groups is 1. The summed E-state index contributed by atoms with van der Waals surface area (Å²) < 4.78 is 29.6. The lowest BCUT2D eigenvalue weighted by Crippen LogP contribution is -2.26. The minimum atomic E-state index is -3.59. The van der Waals surface area contributed by atoms with Crippen molar-refractivity contribution in [2.75, 3.05) is 13.2 Å². The third-order valence-electron chi connectivity index (χ3n) is 2.75. The molecule has 0 fully saturated rings. The minimum Gasteiger partial charge on any atom is -0.396 e. The Balaban J connectivity index is 1.90. The van der Waals surface area contributed by atoms with Gasteiger partial charge in [0, 0.05) is 39.4 Å². The fourth-order valence-corrected chi connectivity index (χ4v) is 2.70. The van der Waals surface area contributed by atoms with E-state index in [2.05, 4.69) is 19.9 Å². The number of hydrogen-bond donors (Lipinski definition) is 2. The van der Waals surface area contributed by atoms with Gasteiger partial charge in [-0.3, -0.25) is 9.36 Å². The summed E-state index contributed by atoms with van der Waals surface area (Å²) >= 11 is 0. The van der Waals surface area contributed by atoms with Crippen LogP contribution in [0.4, 0.5) is 0 Å². The Hall–Kier alpha value is -1.78. The average molecular weight is 314 g/mol. The molecule has 2 rings (SSSR count). The molecule has 2 N–H and O–H groups in total. The van der Waals surface area contributed by atoms with Crippen LogP contribution in [-0.2, 0) is 30.0 Å². The van der Waals surface area contributed by atoms with E-state index in [9.17, 15) is 8.42 Å². The third kappa shape index (κ3) is 4.34. The quantitative estimate of drug-likeness (QED) is 0.640. The van der Waals surface area contributed by atoms with Crippen LogP contribution in [0.1, 0.15) is 12.2 Å². The Morgan fingerprint density at radius 3 is 2.90 bits per heavy atom. The monoisotopic (exact) mass is 314 g/mol. The van der Waals surface area contributed by atoms with Crippen molar-refractivity contribution in [2.45, 2.75) is 24.3 Å². The van der Waals surface area contributed by atoms with Gasteiger partial charge in [-0.25, -0.2) is 18.1 Å². The lowest BCUT2D eigenvalue weighted by atomic mass is 10.4. The molecule has 0 unspecified atom stereocenters. The number of rotatable bonds is 8. The summed E-state index contributed by atoms with van der Waals surface area (Å²) in [5.41, 5.74) is 0. The highest BCUT2D eigenvalue weighted by atomic mass is 32.2. The van der Waals surface area contributed by atoms with Gasteiger partial charge in [-0.05, 0) is 6.42 Å². The van der Waals surface area contributed by atoms with Crippen molar-refractivity contribution in [2.24, 2.45) is 7.05 Å².